The second-order valence-electron chi connectivity index (χ2n) is 5.16. The lowest BCUT2D eigenvalue weighted by Crippen LogP contribution is -2.46. The normalized spacial score (nSPS) is 33.1. The number of carbonyl (C=O) groups is 1. The van der Waals surface area contributed by atoms with E-state index in [0.717, 1.165) is 32.5 Å². The topological polar surface area (TPSA) is 23.6 Å². The average Bonchev–Trinajstić information content (AvgIpc) is 2.25. The molecular weight excluding hydrogens is 268 g/mol. The molecule has 0 aromatic carbocycles. The molecule has 0 spiro atoms. The van der Waals surface area contributed by atoms with E-state index in [0.29, 0.717) is 11.8 Å². The lowest BCUT2D eigenvalue weighted by molar-refractivity contribution is -0.133. The van der Waals surface area contributed by atoms with Crippen LogP contribution in [-0.2, 0) is 4.79 Å². The summed E-state index contributed by atoms with van der Waals surface area (Å²) in [5.74, 6) is 0.986. The molecule has 0 aromatic heterocycles. The van der Waals surface area contributed by atoms with Crippen molar-refractivity contribution in [2.75, 3.05) is 33.2 Å². The van der Waals surface area contributed by atoms with Crippen molar-refractivity contribution in [3.63, 3.8) is 0 Å². The minimum Gasteiger partial charge on any atom is -0.341 e. The van der Waals surface area contributed by atoms with Gasteiger partial charge in [0.25, 0.3) is 0 Å². The van der Waals surface area contributed by atoms with Crippen LogP contribution in [0.4, 0.5) is 0 Å². The van der Waals surface area contributed by atoms with E-state index in [-0.39, 0.29) is 4.83 Å². The lowest BCUT2D eigenvalue weighted by atomic mass is 9.97. The Morgan fingerprint density at radius 1 is 1.31 bits per heavy atom. The Morgan fingerprint density at radius 2 is 2.06 bits per heavy atom. The van der Waals surface area contributed by atoms with Crippen molar-refractivity contribution < 1.29 is 4.79 Å². The third-order valence-corrected chi connectivity index (χ3v) is 4.52. The van der Waals surface area contributed by atoms with E-state index in [1.54, 1.807) is 0 Å². The highest BCUT2D eigenvalue weighted by atomic mass is 79.9. The number of piperidine rings is 2. The van der Waals surface area contributed by atoms with Gasteiger partial charge in [-0.25, -0.2) is 0 Å². The number of hydrogen-bond acceptors (Lipinski definition) is 2. The molecule has 2 unspecified atom stereocenters. The minimum atomic E-state index is 0.0718. The molecule has 0 bridgehead atoms. The molecule has 0 aliphatic carbocycles. The fourth-order valence-electron chi connectivity index (χ4n) is 2.81. The van der Waals surface area contributed by atoms with Crippen molar-refractivity contribution in [3.05, 3.63) is 0 Å². The van der Waals surface area contributed by atoms with Gasteiger partial charge in [0.05, 0.1) is 4.83 Å². The number of rotatable bonds is 2. The maximum absolute atomic E-state index is 11.9. The first-order chi connectivity index (χ1) is 7.66. The maximum Gasteiger partial charge on any atom is 0.236 e. The van der Waals surface area contributed by atoms with Crippen LogP contribution in [0.15, 0.2) is 0 Å². The molecule has 2 heterocycles. The molecule has 1 amide bonds. The Hall–Kier alpha value is -0.0900. The van der Waals surface area contributed by atoms with E-state index in [4.69, 9.17) is 0 Å². The van der Waals surface area contributed by atoms with Crippen LogP contribution in [0, 0.1) is 5.92 Å². The molecule has 0 saturated carbocycles. The Morgan fingerprint density at radius 3 is 2.81 bits per heavy atom. The van der Waals surface area contributed by atoms with Crippen LogP contribution in [0.3, 0.4) is 0 Å². The fraction of sp³-hybridized carbons (Fsp3) is 0.917. The number of carbonyl (C=O) groups excluding carboxylic acids is 1. The fourth-order valence-corrected chi connectivity index (χ4v) is 3.42. The molecule has 16 heavy (non-hydrogen) atoms. The van der Waals surface area contributed by atoms with Crippen LogP contribution in [0.25, 0.3) is 0 Å². The Bertz CT molecular complexity index is 259. The average molecular weight is 289 g/mol. The molecule has 3 nitrogen and oxygen atoms in total. The number of likely N-dealkylation sites (tertiary alicyclic amines) is 2. The van der Waals surface area contributed by atoms with Crippen LogP contribution in [0.1, 0.15) is 25.7 Å². The molecule has 4 heteroatoms. The molecule has 2 saturated heterocycles. The zero-order valence-electron chi connectivity index (χ0n) is 9.99. The van der Waals surface area contributed by atoms with Gasteiger partial charge in [-0.3, -0.25) is 4.79 Å². The molecule has 2 aliphatic rings. The number of amides is 1. The zero-order valence-corrected chi connectivity index (χ0v) is 11.6. The molecule has 92 valence electrons. The van der Waals surface area contributed by atoms with Gasteiger partial charge in [0.2, 0.25) is 5.91 Å². The first kappa shape index (κ1) is 12.4. The second-order valence-corrected chi connectivity index (χ2v) is 6.27. The highest BCUT2D eigenvalue weighted by Gasteiger charge is 2.29. The van der Waals surface area contributed by atoms with Gasteiger partial charge in [0, 0.05) is 19.6 Å². The molecule has 2 rings (SSSR count). The molecule has 0 radical (unpaired) electrons. The quantitative estimate of drug-likeness (QED) is 0.723. The first-order valence-corrected chi connectivity index (χ1v) is 7.20. The van der Waals surface area contributed by atoms with Crippen LogP contribution < -0.4 is 0 Å². The van der Waals surface area contributed by atoms with Gasteiger partial charge in [0.1, 0.15) is 0 Å². The highest BCUT2D eigenvalue weighted by molar-refractivity contribution is 9.10. The molecule has 2 aliphatic heterocycles. The number of nitrogens with zero attached hydrogens (tertiary/aromatic N) is 2. The van der Waals surface area contributed by atoms with Gasteiger partial charge in [-0.15, -0.1) is 0 Å². The monoisotopic (exact) mass is 288 g/mol. The van der Waals surface area contributed by atoms with E-state index >= 15 is 0 Å². The van der Waals surface area contributed by atoms with Gasteiger partial charge >= 0.3 is 0 Å². The van der Waals surface area contributed by atoms with Crippen molar-refractivity contribution in [3.8, 4) is 0 Å². The minimum absolute atomic E-state index is 0.0718. The van der Waals surface area contributed by atoms with Gasteiger partial charge in [-0.05, 0) is 45.2 Å². The maximum atomic E-state index is 11.9. The summed E-state index contributed by atoms with van der Waals surface area (Å²) >= 11 is 3.47. The van der Waals surface area contributed by atoms with Gasteiger partial charge < -0.3 is 9.80 Å². The van der Waals surface area contributed by atoms with E-state index < -0.39 is 0 Å². The molecule has 0 aromatic rings. The molecule has 2 atom stereocenters. The van der Waals surface area contributed by atoms with Crippen LogP contribution >= 0.6 is 15.9 Å². The molecule has 2 fully saturated rings. The van der Waals surface area contributed by atoms with Crippen LogP contribution in [-0.4, -0.2) is 53.8 Å². The van der Waals surface area contributed by atoms with Crippen molar-refractivity contribution in [1.82, 2.24) is 9.80 Å². The van der Waals surface area contributed by atoms with Gasteiger partial charge in [-0.1, -0.05) is 15.9 Å². The van der Waals surface area contributed by atoms with Crippen molar-refractivity contribution in [2.24, 2.45) is 5.92 Å². The Balaban J connectivity index is 1.86. The SMILES string of the molecule is CN1CCCC(CN2CCCC(Br)C2=O)C1. The third kappa shape index (κ3) is 2.98. The van der Waals surface area contributed by atoms with E-state index in [9.17, 15) is 4.79 Å². The standard InChI is InChI=1S/C12H21BrN2O/c1-14-6-2-4-10(8-14)9-15-7-3-5-11(13)12(15)16/h10-11H,2-9H2,1H3. The van der Waals surface area contributed by atoms with Gasteiger partial charge in [-0.2, -0.15) is 0 Å². The zero-order chi connectivity index (χ0) is 11.5. The van der Waals surface area contributed by atoms with Crippen LogP contribution in [0.5, 0.6) is 0 Å². The number of halogens is 1. The lowest BCUT2D eigenvalue weighted by Gasteiger charge is -2.36. The van der Waals surface area contributed by atoms with Crippen LogP contribution in [0.2, 0.25) is 0 Å². The highest BCUT2D eigenvalue weighted by Crippen LogP contribution is 2.22. The molecular formula is C12H21BrN2O. The summed E-state index contributed by atoms with van der Waals surface area (Å²) in [7, 11) is 2.18. The predicted molar refractivity (Wildman–Crippen MR) is 68.8 cm³/mol. The smallest absolute Gasteiger partial charge is 0.236 e. The molecule has 0 N–H and O–H groups in total. The summed E-state index contributed by atoms with van der Waals surface area (Å²) < 4.78 is 0. The van der Waals surface area contributed by atoms with E-state index in [1.165, 1.54) is 19.4 Å². The summed E-state index contributed by atoms with van der Waals surface area (Å²) in [6.07, 6.45) is 4.70. The summed E-state index contributed by atoms with van der Waals surface area (Å²) in [6.45, 7) is 4.29. The predicted octanol–water partition coefficient (Wildman–Crippen LogP) is 1.71. The van der Waals surface area contributed by atoms with E-state index in [2.05, 4.69) is 32.8 Å². The summed E-state index contributed by atoms with van der Waals surface area (Å²) in [5.41, 5.74) is 0. The second kappa shape index (κ2) is 5.50. The van der Waals surface area contributed by atoms with Crippen molar-refractivity contribution in [2.45, 2.75) is 30.5 Å². The first-order valence-electron chi connectivity index (χ1n) is 6.28. The van der Waals surface area contributed by atoms with Gasteiger partial charge in [0.15, 0.2) is 0 Å². The largest absolute Gasteiger partial charge is 0.341 e. The number of hydrogen-bond donors (Lipinski definition) is 0. The summed E-state index contributed by atoms with van der Waals surface area (Å²) in [5, 5.41) is 0. The third-order valence-electron chi connectivity index (χ3n) is 3.67. The van der Waals surface area contributed by atoms with E-state index in [1.807, 2.05) is 0 Å². The Kier molecular flexibility index (Phi) is 4.25. The van der Waals surface area contributed by atoms with Crippen molar-refractivity contribution in [1.29, 1.82) is 0 Å². The summed E-state index contributed by atoms with van der Waals surface area (Å²) in [6, 6.07) is 0. The Labute approximate surface area is 106 Å². The van der Waals surface area contributed by atoms with Crippen molar-refractivity contribution >= 4 is 21.8 Å². The number of alkyl halides is 1. The summed E-state index contributed by atoms with van der Waals surface area (Å²) in [4.78, 5) is 16.5.